The van der Waals surface area contributed by atoms with E-state index >= 15 is 0 Å². The number of benzene rings is 1. The van der Waals surface area contributed by atoms with Crippen molar-refractivity contribution in [1.82, 2.24) is 9.80 Å². The molecule has 1 saturated carbocycles. The number of fused-ring (bicyclic) bond motifs is 1. The highest BCUT2D eigenvalue weighted by atomic mass is 16.4. The third-order valence-corrected chi connectivity index (χ3v) is 6.74. The zero-order valence-electron chi connectivity index (χ0n) is 16.2. The molecule has 0 bridgehead atoms. The maximum Gasteiger partial charge on any atom is 0.313 e. The van der Waals surface area contributed by atoms with Crippen LogP contribution in [-0.4, -0.2) is 73.6 Å². The van der Waals surface area contributed by atoms with Crippen molar-refractivity contribution in [3.63, 3.8) is 0 Å². The van der Waals surface area contributed by atoms with E-state index in [9.17, 15) is 14.7 Å². The molecule has 1 N–H and O–H groups in total. The van der Waals surface area contributed by atoms with Crippen molar-refractivity contribution in [3.05, 3.63) is 29.8 Å². The Kier molecular flexibility index (Phi) is 4.62. The number of amides is 1. The predicted octanol–water partition coefficient (Wildman–Crippen LogP) is 2.01. The topological polar surface area (TPSA) is 64.1 Å². The smallest absolute Gasteiger partial charge is 0.313 e. The summed E-state index contributed by atoms with van der Waals surface area (Å²) in [5, 5.41) is 10.0. The summed E-state index contributed by atoms with van der Waals surface area (Å²) >= 11 is 0. The van der Waals surface area contributed by atoms with Gasteiger partial charge in [-0.1, -0.05) is 12.5 Å². The number of nitrogens with zero attached hydrogens (tertiary/aromatic N) is 3. The van der Waals surface area contributed by atoms with Crippen LogP contribution in [0.25, 0.3) is 0 Å². The summed E-state index contributed by atoms with van der Waals surface area (Å²) < 4.78 is 0. The number of aliphatic carboxylic acids is 1. The highest BCUT2D eigenvalue weighted by Crippen LogP contribution is 2.44. The number of carbonyl (C=O) groups excluding carboxylic acids is 1. The Balaban J connectivity index is 1.49. The molecule has 6 heteroatoms. The van der Waals surface area contributed by atoms with Crippen LogP contribution < -0.4 is 4.90 Å². The summed E-state index contributed by atoms with van der Waals surface area (Å²) in [7, 11) is 3.89. The lowest BCUT2D eigenvalue weighted by molar-refractivity contribution is -0.148. The van der Waals surface area contributed by atoms with Crippen molar-refractivity contribution < 1.29 is 14.7 Å². The quantitative estimate of drug-likeness (QED) is 0.858. The molecule has 2 atom stereocenters. The fourth-order valence-corrected chi connectivity index (χ4v) is 4.91. The van der Waals surface area contributed by atoms with Gasteiger partial charge >= 0.3 is 5.97 Å². The van der Waals surface area contributed by atoms with E-state index in [4.69, 9.17) is 0 Å². The molecule has 2 saturated heterocycles. The second kappa shape index (κ2) is 6.82. The fourth-order valence-electron chi connectivity index (χ4n) is 4.91. The number of rotatable bonds is 5. The van der Waals surface area contributed by atoms with Gasteiger partial charge in [-0.15, -0.1) is 0 Å². The first-order valence-corrected chi connectivity index (χ1v) is 9.91. The molecule has 146 valence electrons. The number of anilines is 1. The number of carboxylic acid groups (broad SMARTS) is 1. The zero-order chi connectivity index (χ0) is 19.2. The molecule has 2 heterocycles. The van der Waals surface area contributed by atoms with Crippen molar-refractivity contribution in [1.29, 1.82) is 0 Å². The van der Waals surface area contributed by atoms with Crippen molar-refractivity contribution in [2.75, 3.05) is 51.7 Å². The molecule has 4 rings (SSSR count). The molecule has 0 aromatic heterocycles. The Morgan fingerprint density at radius 3 is 2.59 bits per heavy atom. The van der Waals surface area contributed by atoms with Gasteiger partial charge in [0.2, 0.25) is 0 Å². The average molecular weight is 371 g/mol. The number of carbonyl (C=O) groups is 2. The molecule has 27 heavy (non-hydrogen) atoms. The summed E-state index contributed by atoms with van der Waals surface area (Å²) in [5.41, 5.74) is 0.798. The Labute approximate surface area is 160 Å². The van der Waals surface area contributed by atoms with Crippen LogP contribution in [0, 0.1) is 17.3 Å². The fraction of sp³-hybridized carbons (Fsp3) is 0.619. The number of likely N-dealkylation sites (tertiary alicyclic amines) is 2. The van der Waals surface area contributed by atoms with Gasteiger partial charge in [0.1, 0.15) is 5.41 Å². The summed E-state index contributed by atoms with van der Waals surface area (Å²) in [6.07, 6.45) is 3.85. The number of carboxylic acids is 1. The van der Waals surface area contributed by atoms with E-state index in [0.29, 0.717) is 25.2 Å². The highest BCUT2D eigenvalue weighted by molar-refractivity contribution is 5.96. The number of hydrogen-bond acceptors (Lipinski definition) is 4. The molecule has 1 aromatic rings. The van der Waals surface area contributed by atoms with E-state index < -0.39 is 11.4 Å². The minimum atomic E-state index is -0.807. The van der Waals surface area contributed by atoms with Gasteiger partial charge in [0.15, 0.2) is 0 Å². The Morgan fingerprint density at radius 1 is 1.22 bits per heavy atom. The van der Waals surface area contributed by atoms with Crippen LogP contribution >= 0.6 is 0 Å². The normalized spacial score (nSPS) is 28.1. The Morgan fingerprint density at radius 2 is 2.00 bits per heavy atom. The molecule has 0 spiro atoms. The van der Waals surface area contributed by atoms with Gasteiger partial charge < -0.3 is 19.8 Å². The van der Waals surface area contributed by atoms with Crippen LogP contribution in [0.3, 0.4) is 0 Å². The van der Waals surface area contributed by atoms with Crippen molar-refractivity contribution in [3.8, 4) is 0 Å². The van der Waals surface area contributed by atoms with Gasteiger partial charge in [-0.25, -0.2) is 0 Å². The van der Waals surface area contributed by atoms with E-state index in [1.54, 1.807) is 4.90 Å². The van der Waals surface area contributed by atoms with Crippen LogP contribution in [0.5, 0.6) is 0 Å². The van der Waals surface area contributed by atoms with Crippen molar-refractivity contribution >= 4 is 17.6 Å². The molecule has 2 aliphatic heterocycles. The van der Waals surface area contributed by atoms with Gasteiger partial charge in [-0.2, -0.15) is 0 Å². The van der Waals surface area contributed by atoms with E-state index in [2.05, 4.69) is 4.90 Å². The lowest BCUT2D eigenvalue weighted by Crippen LogP contribution is -2.43. The third kappa shape index (κ3) is 3.20. The Bertz CT molecular complexity index is 746. The average Bonchev–Trinajstić information content (AvgIpc) is 3.12. The van der Waals surface area contributed by atoms with Gasteiger partial charge in [0.05, 0.1) is 0 Å². The first-order valence-electron chi connectivity index (χ1n) is 9.91. The van der Waals surface area contributed by atoms with E-state index in [-0.39, 0.29) is 11.8 Å². The van der Waals surface area contributed by atoms with Crippen LogP contribution in [-0.2, 0) is 4.79 Å². The second-order valence-electron chi connectivity index (χ2n) is 8.78. The molecular formula is C21H29N3O3. The maximum absolute atomic E-state index is 13.0. The van der Waals surface area contributed by atoms with Crippen molar-refractivity contribution in [2.45, 2.75) is 19.3 Å². The van der Waals surface area contributed by atoms with Gasteiger partial charge in [-0.05, 0) is 37.0 Å². The van der Waals surface area contributed by atoms with Gasteiger partial charge in [0, 0.05) is 64.0 Å². The summed E-state index contributed by atoms with van der Waals surface area (Å²) in [6.45, 7) is 3.25. The minimum Gasteiger partial charge on any atom is -0.481 e. The van der Waals surface area contributed by atoms with E-state index in [1.165, 1.54) is 19.3 Å². The lowest BCUT2D eigenvalue weighted by Gasteiger charge is -2.31. The lowest BCUT2D eigenvalue weighted by atomic mass is 9.81. The molecule has 0 unspecified atom stereocenters. The Hall–Kier alpha value is -2.08. The minimum absolute atomic E-state index is 0.0241. The molecule has 0 radical (unpaired) electrons. The van der Waals surface area contributed by atoms with Crippen LogP contribution in [0.2, 0.25) is 0 Å². The molecule has 1 aromatic carbocycles. The first-order chi connectivity index (χ1) is 12.9. The first kappa shape index (κ1) is 18.3. The van der Waals surface area contributed by atoms with Crippen LogP contribution in [0.4, 0.5) is 5.69 Å². The molecule has 1 amide bonds. The van der Waals surface area contributed by atoms with Gasteiger partial charge in [0.25, 0.3) is 5.91 Å². The SMILES string of the molecule is CN(C)c1cccc(C(=O)N2C[C@H]3CN(CC4CCC4)C[C@@]3(C(=O)O)C2)c1. The largest absolute Gasteiger partial charge is 0.481 e. The standard InChI is InChI=1S/C21H29N3O3/c1-22(2)18-8-4-7-16(9-18)19(25)24-12-17-11-23(10-15-5-3-6-15)13-21(17,14-24)20(26)27/h4,7-9,15,17H,3,5-6,10-14H2,1-2H3,(H,26,27)/t17-,21-/m1/s1. The molecule has 3 fully saturated rings. The van der Waals surface area contributed by atoms with E-state index in [1.807, 2.05) is 43.3 Å². The second-order valence-corrected chi connectivity index (χ2v) is 8.78. The summed E-state index contributed by atoms with van der Waals surface area (Å²) in [5.74, 6) is -0.0440. The van der Waals surface area contributed by atoms with Gasteiger partial charge in [-0.3, -0.25) is 9.59 Å². The molecule has 6 nitrogen and oxygen atoms in total. The summed E-state index contributed by atoms with van der Waals surface area (Å²) in [6, 6.07) is 7.55. The maximum atomic E-state index is 13.0. The zero-order valence-corrected chi connectivity index (χ0v) is 16.2. The highest BCUT2D eigenvalue weighted by Gasteiger charge is 2.58. The van der Waals surface area contributed by atoms with Crippen molar-refractivity contribution in [2.24, 2.45) is 17.3 Å². The molecular weight excluding hydrogens is 342 g/mol. The van der Waals surface area contributed by atoms with Crippen LogP contribution in [0.15, 0.2) is 24.3 Å². The number of hydrogen-bond donors (Lipinski definition) is 1. The van der Waals surface area contributed by atoms with E-state index in [0.717, 1.165) is 24.7 Å². The summed E-state index contributed by atoms with van der Waals surface area (Å²) in [4.78, 5) is 31.3. The predicted molar refractivity (Wildman–Crippen MR) is 104 cm³/mol. The van der Waals surface area contributed by atoms with Crippen LogP contribution in [0.1, 0.15) is 29.6 Å². The third-order valence-electron chi connectivity index (χ3n) is 6.74. The monoisotopic (exact) mass is 371 g/mol. The molecule has 1 aliphatic carbocycles. The molecule has 3 aliphatic rings.